The molecular formula is C18H20N2O. The summed E-state index contributed by atoms with van der Waals surface area (Å²) in [5, 5.41) is 8.98. The molecule has 0 aliphatic heterocycles. The van der Waals surface area contributed by atoms with E-state index in [1.165, 1.54) is 17.5 Å². The average molecular weight is 280 g/mol. The molecule has 3 aliphatic carbocycles. The molecule has 4 rings (SSSR count). The van der Waals surface area contributed by atoms with Crippen LogP contribution >= 0.6 is 0 Å². The number of amides is 1. The maximum Gasteiger partial charge on any atom is 0.227 e. The lowest BCUT2D eigenvalue weighted by atomic mass is 9.78. The normalized spacial score (nSPS) is 29.6. The quantitative estimate of drug-likeness (QED) is 0.799. The van der Waals surface area contributed by atoms with E-state index in [0.29, 0.717) is 6.04 Å². The zero-order chi connectivity index (χ0) is 14.4. The molecule has 3 heteroatoms. The molecule has 1 amide bonds. The topological polar surface area (TPSA) is 44.1 Å². The second-order valence-electron chi connectivity index (χ2n) is 6.78. The summed E-state index contributed by atoms with van der Waals surface area (Å²) >= 11 is 0. The number of nitriles is 1. The highest BCUT2D eigenvalue weighted by atomic mass is 16.2. The van der Waals surface area contributed by atoms with Crippen LogP contribution in [0.1, 0.15) is 43.2 Å². The van der Waals surface area contributed by atoms with Crippen molar-refractivity contribution in [3.05, 3.63) is 35.4 Å². The van der Waals surface area contributed by atoms with Gasteiger partial charge < -0.3 is 4.90 Å². The minimum atomic E-state index is 0.0918. The SMILES string of the molecule is N#CCN(C(=O)C1CC12CCCc1ccccc12)C1CC1. The smallest absolute Gasteiger partial charge is 0.227 e. The Balaban J connectivity index is 1.60. The molecule has 0 N–H and O–H groups in total. The highest BCUT2D eigenvalue weighted by molar-refractivity contribution is 5.85. The van der Waals surface area contributed by atoms with Gasteiger partial charge in [0.2, 0.25) is 5.91 Å². The predicted octanol–water partition coefficient (Wildman–Crippen LogP) is 2.80. The highest BCUT2D eigenvalue weighted by Gasteiger charge is 2.61. The number of hydrogen-bond donors (Lipinski definition) is 0. The summed E-state index contributed by atoms with van der Waals surface area (Å²) in [6.07, 6.45) is 6.59. The number of aryl methyl sites for hydroxylation is 1. The van der Waals surface area contributed by atoms with Crippen molar-refractivity contribution in [3.8, 4) is 6.07 Å². The number of benzene rings is 1. The molecule has 2 atom stereocenters. The van der Waals surface area contributed by atoms with Crippen LogP contribution in [0.25, 0.3) is 0 Å². The largest absolute Gasteiger partial charge is 0.326 e. The Morgan fingerprint density at radius 1 is 1.38 bits per heavy atom. The monoisotopic (exact) mass is 280 g/mol. The van der Waals surface area contributed by atoms with Crippen molar-refractivity contribution < 1.29 is 4.79 Å². The molecule has 3 nitrogen and oxygen atoms in total. The first-order valence-electron chi connectivity index (χ1n) is 8.02. The van der Waals surface area contributed by atoms with Gasteiger partial charge in [0, 0.05) is 17.4 Å². The van der Waals surface area contributed by atoms with Crippen molar-refractivity contribution in [2.75, 3.05) is 6.54 Å². The molecule has 0 saturated heterocycles. The van der Waals surface area contributed by atoms with Crippen molar-refractivity contribution in [2.24, 2.45) is 5.92 Å². The number of rotatable bonds is 3. The van der Waals surface area contributed by atoms with Gasteiger partial charge in [-0.05, 0) is 49.7 Å². The van der Waals surface area contributed by atoms with E-state index in [4.69, 9.17) is 5.26 Å². The average Bonchev–Trinajstić information content (AvgIpc) is 3.40. The van der Waals surface area contributed by atoms with Crippen LogP contribution < -0.4 is 0 Å². The first-order valence-corrected chi connectivity index (χ1v) is 8.02. The van der Waals surface area contributed by atoms with E-state index in [-0.39, 0.29) is 23.8 Å². The van der Waals surface area contributed by atoms with Crippen LogP contribution in [-0.4, -0.2) is 23.4 Å². The number of hydrogen-bond acceptors (Lipinski definition) is 2. The zero-order valence-electron chi connectivity index (χ0n) is 12.2. The molecule has 2 saturated carbocycles. The third-order valence-corrected chi connectivity index (χ3v) is 5.51. The Labute approximate surface area is 125 Å². The predicted molar refractivity (Wildman–Crippen MR) is 79.5 cm³/mol. The summed E-state index contributed by atoms with van der Waals surface area (Å²) in [6, 6.07) is 11.1. The molecule has 0 bridgehead atoms. The number of nitrogens with zero attached hydrogens (tertiary/aromatic N) is 2. The van der Waals surface area contributed by atoms with E-state index in [1.807, 2.05) is 4.90 Å². The molecule has 21 heavy (non-hydrogen) atoms. The molecule has 0 heterocycles. The maximum absolute atomic E-state index is 12.8. The number of carbonyl (C=O) groups excluding carboxylic acids is 1. The molecule has 2 unspecified atom stereocenters. The van der Waals surface area contributed by atoms with Crippen LogP contribution in [-0.2, 0) is 16.6 Å². The van der Waals surface area contributed by atoms with E-state index in [0.717, 1.165) is 32.1 Å². The van der Waals surface area contributed by atoms with Gasteiger partial charge in [-0.2, -0.15) is 5.26 Å². The van der Waals surface area contributed by atoms with Crippen LogP contribution in [0, 0.1) is 17.2 Å². The Morgan fingerprint density at radius 3 is 2.95 bits per heavy atom. The van der Waals surface area contributed by atoms with Crippen LogP contribution in [0.15, 0.2) is 24.3 Å². The van der Waals surface area contributed by atoms with Gasteiger partial charge >= 0.3 is 0 Å². The van der Waals surface area contributed by atoms with Gasteiger partial charge in [0.15, 0.2) is 0 Å². The molecule has 1 spiro atoms. The van der Waals surface area contributed by atoms with Gasteiger partial charge in [0.05, 0.1) is 6.07 Å². The molecule has 3 aliphatic rings. The summed E-state index contributed by atoms with van der Waals surface area (Å²) in [4.78, 5) is 14.7. The Morgan fingerprint density at radius 2 is 2.19 bits per heavy atom. The van der Waals surface area contributed by atoms with Gasteiger partial charge in [0.25, 0.3) is 0 Å². The third kappa shape index (κ3) is 1.97. The molecule has 108 valence electrons. The lowest BCUT2D eigenvalue weighted by molar-refractivity contribution is -0.133. The summed E-state index contributed by atoms with van der Waals surface area (Å²) in [5.41, 5.74) is 2.92. The number of fused-ring (bicyclic) bond motifs is 2. The Kier molecular flexibility index (Phi) is 2.82. The molecular weight excluding hydrogens is 260 g/mol. The Bertz CT molecular complexity index is 628. The van der Waals surface area contributed by atoms with Crippen LogP contribution in [0.4, 0.5) is 0 Å². The third-order valence-electron chi connectivity index (χ3n) is 5.51. The van der Waals surface area contributed by atoms with Gasteiger partial charge in [-0.3, -0.25) is 4.79 Å². The van der Waals surface area contributed by atoms with E-state index in [9.17, 15) is 4.79 Å². The van der Waals surface area contributed by atoms with Gasteiger partial charge in [-0.1, -0.05) is 24.3 Å². The molecule has 2 fully saturated rings. The van der Waals surface area contributed by atoms with E-state index >= 15 is 0 Å². The van der Waals surface area contributed by atoms with Crippen LogP contribution in [0.2, 0.25) is 0 Å². The van der Waals surface area contributed by atoms with Crippen LogP contribution in [0.5, 0.6) is 0 Å². The number of carbonyl (C=O) groups is 1. The second-order valence-corrected chi connectivity index (χ2v) is 6.78. The van der Waals surface area contributed by atoms with Crippen molar-refractivity contribution in [1.82, 2.24) is 4.90 Å². The summed E-state index contributed by atoms with van der Waals surface area (Å²) < 4.78 is 0. The summed E-state index contributed by atoms with van der Waals surface area (Å²) in [6.45, 7) is 0.262. The van der Waals surface area contributed by atoms with E-state index in [2.05, 4.69) is 30.3 Å². The second kappa shape index (κ2) is 4.59. The van der Waals surface area contributed by atoms with Crippen molar-refractivity contribution in [1.29, 1.82) is 5.26 Å². The molecule has 1 aromatic carbocycles. The fourth-order valence-electron chi connectivity index (χ4n) is 4.21. The first-order chi connectivity index (χ1) is 10.3. The fraction of sp³-hybridized carbons (Fsp3) is 0.556. The minimum Gasteiger partial charge on any atom is -0.326 e. The van der Waals surface area contributed by atoms with Crippen molar-refractivity contribution in [2.45, 2.75) is 50.0 Å². The van der Waals surface area contributed by atoms with E-state index in [1.54, 1.807) is 0 Å². The molecule has 0 aromatic heterocycles. The van der Waals surface area contributed by atoms with E-state index < -0.39 is 0 Å². The zero-order valence-corrected chi connectivity index (χ0v) is 12.2. The summed E-state index contributed by atoms with van der Waals surface area (Å²) in [7, 11) is 0. The standard InChI is InChI=1S/C18H20N2O/c19-10-11-20(14-7-8-14)17(21)16-12-18(16)9-3-5-13-4-1-2-6-15(13)18/h1-2,4,6,14,16H,3,5,7-9,11-12H2. The van der Waals surface area contributed by atoms with Gasteiger partial charge in [0.1, 0.15) is 6.54 Å². The van der Waals surface area contributed by atoms with Gasteiger partial charge in [-0.25, -0.2) is 0 Å². The van der Waals surface area contributed by atoms with Gasteiger partial charge in [-0.15, -0.1) is 0 Å². The van der Waals surface area contributed by atoms with Crippen molar-refractivity contribution >= 4 is 5.91 Å². The Hall–Kier alpha value is -1.82. The lowest BCUT2D eigenvalue weighted by Crippen LogP contribution is -2.37. The van der Waals surface area contributed by atoms with Crippen molar-refractivity contribution in [3.63, 3.8) is 0 Å². The summed E-state index contributed by atoms with van der Waals surface area (Å²) in [5.74, 6) is 0.351. The maximum atomic E-state index is 12.8. The fourth-order valence-corrected chi connectivity index (χ4v) is 4.21. The molecule has 1 aromatic rings. The first kappa shape index (κ1) is 12.9. The molecule has 0 radical (unpaired) electrons. The highest BCUT2D eigenvalue weighted by Crippen LogP contribution is 2.61. The lowest BCUT2D eigenvalue weighted by Gasteiger charge is -2.28. The minimum absolute atomic E-state index is 0.0918. The van der Waals surface area contributed by atoms with Crippen LogP contribution in [0.3, 0.4) is 0 Å².